The maximum Gasteiger partial charge on any atom is 0.161 e. The third kappa shape index (κ3) is 4.36. The molecule has 0 amide bonds. The van der Waals surface area contributed by atoms with Crippen LogP contribution in [0, 0.1) is 0 Å². The maximum absolute atomic E-state index is 10.0. The molecule has 1 heterocycles. The third-order valence-corrected chi connectivity index (χ3v) is 5.76. The van der Waals surface area contributed by atoms with Crippen LogP contribution in [0.15, 0.2) is 73.1 Å². The van der Waals surface area contributed by atoms with E-state index in [0.29, 0.717) is 23.1 Å². The Labute approximate surface area is 188 Å². The maximum atomic E-state index is 10.0. The van der Waals surface area contributed by atoms with Gasteiger partial charge >= 0.3 is 0 Å². The van der Waals surface area contributed by atoms with Crippen molar-refractivity contribution in [2.75, 3.05) is 19.5 Å². The van der Waals surface area contributed by atoms with Crippen LogP contribution in [0.25, 0.3) is 10.9 Å². The quantitative estimate of drug-likeness (QED) is 0.404. The van der Waals surface area contributed by atoms with Gasteiger partial charge in [0.25, 0.3) is 0 Å². The highest BCUT2D eigenvalue weighted by atomic mass is 16.5. The lowest BCUT2D eigenvalue weighted by atomic mass is 9.96. The molecule has 0 spiro atoms. The van der Waals surface area contributed by atoms with Crippen molar-refractivity contribution in [2.45, 2.75) is 25.9 Å². The molecule has 0 aliphatic heterocycles. The number of aromatic nitrogens is 2. The van der Waals surface area contributed by atoms with Crippen molar-refractivity contribution < 1.29 is 9.84 Å². The number of phenolic OH excluding ortho intramolecular Hbond substituents is 1. The molecule has 3 aromatic carbocycles. The van der Waals surface area contributed by atoms with Crippen molar-refractivity contribution in [3.63, 3.8) is 0 Å². The van der Waals surface area contributed by atoms with E-state index in [9.17, 15) is 5.11 Å². The summed E-state index contributed by atoms with van der Waals surface area (Å²) in [5.74, 6) is 1.09. The highest BCUT2D eigenvalue weighted by Crippen LogP contribution is 2.34. The highest BCUT2D eigenvalue weighted by Gasteiger charge is 2.21. The first-order chi connectivity index (χ1) is 15.5. The number of hydrogen-bond acceptors (Lipinski definition) is 6. The number of phenols is 1. The van der Waals surface area contributed by atoms with Gasteiger partial charge in [0.15, 0.2) is 11.5 Å². The van der Waals surface area contributed by atoms with Crippen molar-refractivity contribution in [3.8, 4) is 11.5 Å². The molecule has 0 aliphatic carbocycles. The van der Waals surface area contributed by atoms with Crippen LogP contribution in [0.5, 0.6) is 11.5 Å². The summed E-state index contributed by atoms with van der Waals surface area (Å²) < 4.78 is 5.25. The number of aromatic hydroxyl groups is 1. The number of nitrogens with one attached hydrogen (secondary N) is 1. The lowest BCUT2D eigenvalue weighted by Crippen LogP contribution is -2.31. The second-order valence-electron chi connectivity index (χ2n) is 8.08. The van der Waals surface area contributed by atoms with Crippen LogP contribution >= 0.6 is 0 Å². The van der Waals surface area contributed by atoms with Gasteiger partial charge in [-0.25, -0.2) is 9.97 Å². The van der Waals surface area contributed by atoms with Crippen LogP contribution in [0.3, 0.4) is 0 Å². The SMILES string of the molecule is COc1cc2c(Nc3ccc([C@H](c4ccccc4)N(C)C(C)C)cc3)ncnc2cc1O. The molecule has 1 aromatic heterocycles. The monoisotopic (exact) mass is 428 g/mol. The summed E-state index contributed by atoms with van der Waals surface area (Å²) in [4.78, 5) is 11.0. The number of benzene rings is 3. The van der Waals surface area contributed by atoms with Crippen LogP contribution in [0.4, 0.5) is 11.5 Å². The van der Waals surface area contributed by atoms with Gasteiger partial charge < -0.3 is 15.2 Å². The molecular formula is C26H28N4O2. The third-order valence-electron chi connectivity index (χ3n) is 5.76. The molecule has 0 unspecified atom stereocenters. The number of anilines is 2. The molecule has 0 saturated carbocycles. The summed E-state index contributed by atoms with van der Waals surface area (Å²) in [6.45, 7) is 4.41. The largest absolute Gasteiger partial charge is 0.504 e. The van der Waals surface area contributed by atoms with Gasteiger partial charge in [-0.2, -0.15) is 0 Å². The molecule has 32 heavy (non-hydrogen) atoms. The Morgan fingerprint density at radius 3 is 2.28 bits per heavy atom. The van der Waals surface area contributed by atoms with Gasteiger partial charge in [0.1, 0.15) is 12.1 Å². The molecule has 1 atom stereocenters. The second-order valence-corrected chi connectivity index (χ2v) is 8.08. The van der Waals surface area contributed by atoms with E-state index in [2.05, 4.69) is 89.6 Å². The number of methoxy groups -OCH3 is 1. The fourth-order valence-corrected chi connectivity index (χ4v) is 3.82. The summed E-state index contributed by atoms with van der Waals surface area (Å²) in [6.07, 6.45) is 1.48. The van der Waals surface area contributed by atoms with Gasteiger partial charge in [0.2, 0.25) is 0 Å². The predicted octanol–water partition coefficient (Wildman–Crippen LogP) is 5.52. The first-order valence-electron chi connectivity index (χ1n) is 10.6. The van der Waals surface area contributed by atoms with E-state index in [0.717, 1.165) is 11.1 Å². The zero-order valence-corrected chi connectivity index (χ0v) is 18.8. The van der Waals surface area contributed by atoms with Gasteiger partial charge in [0, 0.05) is 23.2 Å². The Morgan fingerprint density at radius 2 is 1.62 bits per heavy atom. The molecule has 6 heteroatoms. The van der Waals surface area contributed by atoms with E-state index < -0.39 is 0 Å². The number of nitrogens with zero attached hydrogens (tertiary/aromatic N) is 3. The van der Waals surface area contributed by atoms with E-state index in [1.165, 1.54) is 24.6 Å². The fraction of sp³-hybridized carbons (Fsp3) is 0.231. The molecule has 0 aliphatic rings. The topological polar surface area (TPSA) is 70.5 Å². The van der Waals surface area contributed by atoms with E-state index in [4.69, 9.17) is 4.74 Å². The molecule has 4 aromatic rings. The lowest BCUT2D eigenvalue weighted by molar-refractivity contribution is 0.225. The zero-order valence-electron chi connectivity index (χ0n) is 18.8. The fourth-order valence-electron chi connectivity index (χ4n) is 3.82. The van der Waals surface area contributed by atoms with Gasteiger partial charge in [-0.3, -0.25) is 4.90 Å². The van der Waals surface area contributed by atoms with Crippen LogP contribution < -0.4 is 10.1 Å². The van der Waals surface area contributed by atoms with Gasteiger partial charge in [-0.05, 0) is 50.2 Å². The number of rotatable bonds is 7. The predicted molar refractivity (Wildman–Crippen MR) is 129 cm³/mol. The number of hydrogen-bond donors (Lipinski definition) is 2. The summed E-state index contributed by atoms with van der Waals surface area (Å²) in [5.41, 5.74) is 4.04. The van der Waals surface area contributed by atoms with Crippen LogP contribution in [0.2, 0.25) is 0 Å². The Morgan fingerprint density at radius 1 is 0.938 bits per heavy atom. The van der Waals surface area contributed by atoms with Crippen LogP contribution in [-0.2, 0) is 0 Å². The molecule has 6 nitrogen and oxygen atoms in total. The summed E-state index contributed by atoms with van der Waals surface area (Å²) in [7, 11) is 3.68. The van der Waals surface area contributed by atoms with Crippen molar-refractivity contribution in [2.24, 2.45) is 0 Å². The minimum absolute atomic E-state index is 0.0511. The first kappa shape index (κ1) is 21.6. The van der Waals surface area contributed by atoms with Gasteiger partial charge in [-0.15, -0.1) is 0 Å². The van der Waals surface area contributed by atoms with Crippen molar-refractivity contribution >= 4 is 22.4 Å². The number of fused-ring (bicyclic) bond motifs is 1. The standard InChI is InChI=1S/C26H28N4O2/c1-17(2)30(3)25(18-8-6-5-7-9-18)19-10-12-20(13-11-19)29-26-21-14-24(32-4)23(31)15-22(21)27-16-28-26/h5-17,25,31H,1-4H3,(H,27,28,29)/t25-/m0/s1. The Bertz CT molecular complexity index is 1190. The Balaban J connectivity index is 1.65. The minimum Gasteiger partial charge on any atom is -0.504 e. The highest BCUT2D eigenvalue weighted by molar-refractivity contribution is 5.92. The zero-order chi connectivity index (χ0) is 22.7. The van der Waals surface area contributed by atoms with Gasteiger partial charge in [-0.1, -0.05) is 42.5 Å². The summed E-state index contributed by atoms with van der Waals surface area (Å²) in [6, 6.07) is 22.9. The Hall–Kier alpha value is -3.64. The molecule has 2 N–H and O–H groups in total. The van der Waals surface area contributed by atoms with Crippen LogP contribution in [0.1, 0.15) is 31.0 Å². The lowest BCUT2D eigenvalue weighted by Gasteiger charge is -2.32. The second kappa shape index (κ2) is 9.24. The normalized spacial score (nSPS) is 12.3. The van der Waals surface area contributed by atoms with Gasteiger partial charge in [0.05, 0.1) is 18.7 Å². The molecular weight excluding hydrogens is 400 g/mol. The average Bonchev–Trinajstić information content (AvgIpc) is 2.80. The molecule has 0 saturated heterocycles. The molecule has 0 bridgehead atoms. The van der Waals surface area contributed by atoms with Crippen molar-refractivity contribution in [1.82, 2.24) is 14.9 Å². The van der Waals surface area contributed by atoms with Crippen molar-refractivity contribution in [1.29, 1.82) is 0 Å². The van der Waals surface area contributed by atoms with Crippen molar-refractivity contribution in [3.05, 3.63) is 84.2 Å². The minimum atomic E-state index is 0.0511. The molecule has 4 rings (SSSR count). The smallest absolute Gasteiger partial charge is 0.161 e. The molecule has 0 fully saturated rings. The van der Waals surface area contributed by atoms with E-state index in [-0.39, 0.29) is 11.8 Å². The summed E-state index contributed by atoms with van der Waals surface area (Å²) in [5, 5.41) is 14.2. The van der Waals surface area contributed by atoms with Crippen LogP contribution in [-0.4, -0.2) is 40.2 Å². The van der Waals surface area contributed by atoms with E-state index in [1.54, 1.807) is 12.1 Å². The summed E-state index contributed by atoms with van der Waals surface area (Å²) >= 11 is 0. The molecule has 164 valence electrons. The van der Waals surface area contributed by atoms with E-state index >= 15 is 0 Å². The first-order valence-corrected chi connectivity index (χ1v) is 10.6. The number of ether oxygens (including phenoxy) is 1. The van der Waals surface area contributed by atoms with E-state index in [1.807, 2.05) is 6.07 Å². The molecule has 0 radical (unpaired) electrons. The Kier molecular flexibility index (Phi) is 6.23. The average molecular weight is 429 g/mol.